The number of nitrogens with one attached hydrogen (secondary N) is 1. The lowest BCUT2D eigenvalue weighted by Crippen LogP contribution is -2.47. The molecule has 1 aromatic carbocycles. The van der Waals surface area contributed by atoms with Gasteiger partial charge in [-0.2, -0.15) is 0 Å². The molecular weight excluding hydrogens is 264 g/mol. The SMILES string of the molecule is CC(=O)NCC1CN(CCC(C)c2ccccc2)CCO1. The van der Waals surface area contributed by atoms with Crippen molar-refractivity contribution < 1.29 is 9.53 Å². The standard InChI is InChI=1S/C17H26N2O2/c1-14(16-6-4-3-5-7-16)8-9-19-10-11-21-17(13-19)12-18-15(2)20/h3-7,14,17H,8-13H2,1-2H3,(H,18,20). The molecule has 0 aromatic heterocycles. The highest BCUT2D eigenvalue weighted by Gasteiger charge is 2.20. The molecule has 2 unspecified atom stereocenters. The van der Waals surface area contributed by atoms with Gasteiger partial charge in [0.05, 0.1) is 12.7 Å². The Kier molecular flexibility index (Phi) is 6.21. The Balaban J connectivity index is 1.74. The first-order valence-corrected chi connectivity index (χ1v) is 7.78. The van der Waals surface area contributed by atoms with Crippen molar-refractivity contribution in [3.63, 3.8) is 0 Å². The molecule has 1 aromatic rings. The molecule has 0 saturated carbocycles. The first-order valence-electron chi connectivity index (χ1n) is 7.78. The van der Waals surface area contributed by atoms with Crippen LogP contribution in [0.25, 0.3) is 0 Å². The summed E-state index contributed by atoms with van der Waals surface area (Å²) in [4.78, 5) is 13.4. The Labute approximate surface area is 127 Å². The molecule has 0 spiro atoms. The van der Waals surface area contributed by atoms with E-state index in [0.29, 0.717) is 12.5 Å². The predicted octanol–water partition coefficient (Wildman–Crippen LogP) is 2.02. The zero-order valence-corrected chi connectivity index (χ0v) is 13.0. The maximum atomic E-state index is 11.0. The molecule has 1 aliphatic heterocycles. The molecule has 1 fully saturated rings. The number of ether oxygens (including phenoxy) is 1. The molecule has 1 aliphatic rings. The van der Waals surface area contributed by atoms with Crippen molar-refractivity contribution in [1.29, 1.82) is 0 Å². The van der Waals surface area contributed by atoms with Gasteiger partial charge in [-0.3, -0.25) is 9.69 Å². The summed E-state index contributed by atoms with van der Waals surface area (Å²) in [5.41, 5.74) is 1.40. The summed E-state index contributed by atoms with van der Waals surface area (Å²) in [6.07, 6.45) is 1.27. The highest BCUT2D eigenvalue weighted by atomic mass is 16.5. The second-order valence-electron chi connectivity index (χ2n) is 5.83. The van der Waals surface area contributed by atoms with Crippen LogP contribution in [-0.2, 0) is 9.53 Å². The van der Waals surface area contributed by atoms with Crippen molar-refractivity contribution in [3.05, 3.63) is 35.9 Å². The predicted molar refractivity (Wildman–Crippen MR) is 84.3 cm³/mol. The third-order valence-electron chi connectivity index (χ3n) is 4.05. The monoisotopic (exact) mass is 290 g/mol. The smallest absolute Gasteiger partial charge is 0.216 e. The average Bonchev–Trinajstić information content (AvgIpc) is 2.52. The molecule has 1 N–H and O–H groups in total. The van der Waals surface area contributed by atoms with Crippen LogP contribution in [0.4, 0.5) is 0 Å². The summed E-state index contributed by atoms with van der Waals surface area (Å²) in [5, 5.41) is 2.84. The van der Waals surface area contributed by atoms with Gasteiger partial charge in [-0.15, -0.1) is 0 Å². The minimum absolute atomic E-state index is 0.00780. The second-order valence-corrected chi connectivity index (χ2v) is 5.83. The number of amides is 1. The van der Waals surface area contributed by atoms with Crippen LogP contribution in [0.3, 0.4) is 0 Å². The van der Waals surface area contributed by atoms with Gasteiger partial charge >= 0.3 is 0 Å². The fraction of sp³-hybridized carbons (Fsp3) is 0.588. The number of nitrogens with zero attached hydrogens (tertiary/aromatic N) is 1. The van der Waals surface area contributed by atoms with Gasteiger partial charge in [-0.05, 0) is 24.4 Å². The fourth-order valence-corrected chi connectivity index (χ4v) is 2.69. The molecule has 4 nitrogen and oxygen atoms in total. The highest BCUT2D eigenvalue weighted by molar-refractivity contribution is 5.72. The lowest BCUT2D eigenvalue weighted by molar-refractivity contribution is -0.120. The van der Waals surface area contributed by atoms with Gasteiger partial charge in [0, 0.05) is 26.6 Å². The van der Waals surface area contributed by atoms with E-state index in [4.69, 9.17) is 4.74 Å². The highest BCUT2D eigenvalue weighted by Crippen LogP contribution is 2.19. The van der Waals surface area contributed by atoms with Crippen LogP contribution in [0.5, 0.6) is 0 Å². The zero-order valence-electron chi connectivity index (χ0n) is 13.0. The van der Waals surface area contributed by atoms with Gasteiger partial charge < -0.3 is 10.1 Å². The van der Waals surface area contributed by atoms with E-state index >= 15 is 0 Å². The van der Waals surface area contributed by atoms with E-state index in [0.717, 1.165) is 32.7 Å². The molecule has 0 radical (unpaired) electrons. The fourth-order valence-electron chi connectivity index (χ4n) is 2.69. The minimum Gasteiger partial charge on any atom is -0.374 e. The molecule has 1 heterocycles. The van der Waals surface area contributed by atoms with Crippen LogP contribution >= 0.6 is 0 Å². The van der Waals surface area contributed by atoms with Crippen LogP contribution in [-0.4, -0.2) is 49.7 Å². The van der Waals surface area contributed by atoms with Gasteiger partial charge in [-0.25, -0.2) is 0 Å². The van der Waals surface area contributed by atoms with Crippen LogP contribution in [0, 0.1) is 0 Å². The third-order valence-corrected chi connectivity index (χ3v) is 4.05. The van der Waals surface area contributed by atoms with Crippen molar-refractivity contribution in [2.45, 2.75) is 32.3 Å². The van der Waals surface area contributed by atoms with Gasteiger partial charge in [0.1, 0.15) is 0 Å². The number of hydrogen-bond acceptors (Lipinski definition) is 3. The first kappa shape index (κ1) is 16.0. The second kappa shape index (κ2) is 8.15. The largest absolute Gasteiger partial charge is 0.374 e. The number of rotatable bonds is 6. The van der Waals surface area contributed by atoms with Crippen molar-refractivity contribution in [2.24, 2.45) is 0 Å². The normalized spacial score (nSPS) is 21.0. The molecule has 4 heteroatoms. The van der Waals surface area contributed by atoms with E-state index in [9.17, 15) is 4.79 Å². The lowest BCUT2D eigenvalue weighted by Gasteiger charge is -2.33. The van der Waals surface area contributed by atoms with E-state index in [2.05, 4.69) is 47.5 Å². The summed E-state index contributed by atoms with van der Waals surface area (Å²) < 4.78 is 5.69. The Morgan fingerprint density at radius 3 is 2.90 bits per heavy atom. The summed E-state index contributed by atoms with van der Waals surface area (Å²) in [6, 6.07) is 10.7. The Bertz CT molecular complexity index is 436. The topological polar surface area (TPSA) is 41.6 Å². The molecule has 21 heavy (non-hydrogen) atoms. The van der Waals surface area contributed by atoms with Crippen LogP contribution in [0.2, 0.25) is 0 Å². The third kappa shape index (κ3) is 5.48. The van der Waals surface area contributed by atoms with Gasteiger partial charge in [-0.1, -0.05) is 37.3 Å². The quantitative estimate of drug-likeness (QED) is 0.871. The number of carbonyl (C=O) groups excluding carboxylic acids is 1. The molecule has 2 rings (SSSR count). The molecule has 0 bridgehead atoms. The van der Waals surface area contributed by atoms with Gasteiger partial charge in [0.2, 0.25) is 5.91 Å². The van der Waals surface area contributed by atoms with E-state index in [1.165, 1.54) is 5.56 Å². The summed E-state index contributed by atoms with van der Waals surface area (Å²) >= 11 is 0. The summed E-state index contributed by atoms with van der Waals surface area (Å²) in [7, 11) is 0. The first-order chi connectivity index (χ1) is 10.1. The van der Waals surface area contributed by atoms with Crippen LogP contribution in [0.15, 0.2) is 30.3 Å². The van der Waals surface area contributed by atoms with E-state index < -0.39 is 0 Å². The maximum Gasteiger partial charge on any atom is 0.216 e. The van der Waals surface area contributed by atoms with Crippen molar-refractivity contribution in [2.75, 3.05) is 32.8 Å². The zero-order chi connectivity index (χ0) is 15.1. The van der Waals surface area contributed by atoms with E-state index in [-0.39, 0.29) is 12.0 Å². The van der Waals surface area contributed by atoms with Crippen molar-refractivity contribution in [1.82, 2.24) is 10.2 Å². The molecule has 2 atom stereocenters. The van der Waals surface area contributed by atoms with Crippen molar-refractivity contribution >= 4 is 5.91 Å². The van der Waals surface area contributed by atoms with Crippen molar-refractivity contribution in [3.8, 4) is 0 Å². The number of benzene rings is 1. The Morgan fingerprint density at radius 1 is 1.43 bits per heavy atom. The number of hydrogen-bond donors (Lipinski definition) is 1. The number of carbonyl (C=O) groups is 1. The minimum atomic E-state index is 0.00780. The summed E-state index contributed by atoms with van der Waals surface area (Å²) in [6.45, 7) is 8.16. The molecular formula is C17H26N2O2. The summed E-state index contributed by atoms with van der Waals surface area (Å²) in [5.74, 6) is 0.580. The maximum absolute atomic E-state index is 11.0. The van der Waals surface area contributed by atoms with Gasteiger partial charge in [0.25, 0.3) is 0 Å². The molecule has 116 valence electrons. The average molecular weight is 290 g/mol. The Hall–Kier alpha value is -1.39. The Morgan fingerprint density at radius 2 is 2.19 bits per heavy atom. The molecule has 1 saturated heterocycles. The van der Waals surface area contributed by atoms with E-state index in [1.807, 2.05) is 0 Å². The molecule has 1 amide bonds. The van der Waals surface area contributed by atoms with E-state index in [1.54, 1.807) is 6.92 Å². The van der Waals surface area contributed by atoms with Crippen LogP contribution < -0.4 is 5.32 Å². The van der Waals surface area contributed by atoms with Gasteiger partial charge in [0.15, 0.2) is 0 Å². The molecule has 0 aliphatic carbocycles. The lowest BCUT2D eigenvalue weighted by atomic mass is 9.97. The number of morpholine rings is 1. The van der Waals surface area contributed by atoms with Crippen LogP contribution in [0.1, 0.15) is 31.7 Å².